The number of nitrogens with zero attached hydrogens (tertiary/aromatic N) is 1. The molecule has 0 spiro atoms. The van der Waals surface area contributed by atoms with Crippen LogP contribution in [0, 0.1) is 0 Å². The summed E-state index contributed by atoms with van der Waals surface area (Å²) in [6.45, 7) is 0.680. The number of ether oxygens (including phenoxy) is 1. The van der Waals surface area contributed by atoms with Crippen LogP contribution in [0.4, 0.5) is 0 Å². The standard InChI is InChI=1S/C17H13Cl2NO3/c18-14-7-6-11(10-15(14)19)23-9-3-8-20-16(21)12-4-1-2-5-13(12)17(20)22/h1-2,4-7,10H,3,8-9H2. The number of carbonyl (C=O) groups is 2. The van der Waals surface area contributed by atoms with Crippen LogP contribution < -0.4 is 4.74 Å². The summed E-state index contributed by atoms with van der Waals surface area (Å²) in [5.74, 6) is 0.0991. The number of carbonyl (C=O) groups excluding carboxylic acids is 2. The largest absolute Gasteiger partial charge is 0.493 e. The Morgan fingerprint density at radius 2 is 1.57 bits per heavy atom. The van der Waals surface area contributed by atoms with Gasteiger partial charge in [0.15, 0.2) is 0 Å². The number of amides is 2. The van der Waals surface area contributed by atoms with E-state index in [1.54, 1.807) is 42.5 Å². The lowest BCUT2D eigenvalue weighted by atomic mass is 10.1. The van der Waals surface area contributed by atoms with Gasteiger partial charge in [0.2, 0.25) is 0 Å². The molecule has 0 aliphatic carbocycles. The first-order chi connectivity index (χ1) is 11.1. The third-order valence-corrected chi connectivity index (χ3v) is 4.30. The molecule has 0 aromatic heterocycles. The fraction of sp³-hybridized carbons (Fsp3) is 0.176. The molecule has 118 valence electrons. The molecule has 0 saturated heterocycles. The smallest absolute Gasteiger partial charge is 0.261 e. The maximum atomic E-state index is 12.2. The van der Waals surface area contributed by atoms with Crippen LogP contribution in [0.15, 0.2) is 42.5 Å². The first-order valence-electron chi connectivity index (χ1n) is 7.11. The van der Waals surface area contributed by atoms with Crippen molar-refractivity contribution in [2.45, 2.75) is 6.42 Å². The SMILES string of the molecule is O=C1c2ccccc2C(=O)N1CCCOc1ccc(Cl)c(Cl)c1. The van der Waals surface area contributed by atoms with Crippen molar-refractivity contribution in [2.24, 2.45) is 0 Å². The Bertz CT molecular complexity index is 741. The molecule has 1 aliphatic rings. The van der Waals surface area contributed by atoms with Gasteiger partial charge in [-0.15, -0.1) is 0 Å². The first-order valence-corrected chi connectivity index (χ1v) is 7.86. The molecule has 2 aromatic rings. The van der Waals surface area contributed by atoms with Crippen molar-refractivity contribution in [3.63, 3.8) is 0 Å². The Labute approximate surface area is 143 Å². The molecular formula is C17H13Cl2NO3. The van der Waals surface area contributed by atoms with Gasteiger partial charge in [0.25, 0.3) is 11.8 Å². The summed E-state index contributed by atoms with van der Waals surface area (Å²) in [6, 6.07) is 11.8. The predicted octanol–water partition coefficient (Wildman–Crippen LogP) is 4.06. The van der Waals surface area contributed by atoms with Crippen molar-refractivity contribution in [3.05, 3.63) is 63.6 Å². The van der Waals surface area contributed by atoms with Crippen molar-refractivity contribution in [1.29, 1.82) is 0 Å². The molecule has 2 amide bonds. The fourth-order valence-corrected chi connectivity index (χ4v) is 2.71. The van der Waals surface area contributed by atoms with E-state index in [0.29, 0.717) is 46.5 Å². The molecule has 6 heteroatoms. The molecule has 23 heavy (non-hydrogen) atoms. The van der Waals surface area contributed by atoms with E-state index in [2.05, 4.69) is 0 Å². The summed E-state index contributed by atoms with van der Waals surface area (Å²) in [6.07, 6.45) is 0.533. The highest BCUT2D eigenvalue weighted by Crippen LogP contribution is 2.26. The highest BCUT2D eigenvalue weighted by Gasteiger charge is 2.34. The van der Waals surface area contributed by atoms with E-state index in [-0.39, 0.29) is 11.8 Å². The van der Waals surface area contributed by atoms with Gasteiger partial charge in [-0.25, -0.2) is 0 Å². The van der Waals surface area contributed by atoms with Gasteiger partial charge < -0.3 is 4.74 Å². The van der Waals surface area contributed by atoms with Crippen LogP contribution >= 0.6 is 23.2 Å². The summed E-state index contributed by atoms with van der Waals surface area (Å²) in [7, 11) is 0. The van der Waals surface area contributed by atoms with E-state index in [1.807, 2.05) is 0 Å². The zero-order valence-electron chi connectivity index (χ0n) is 12.1. The monoisotopic (exact) mass is 349 g/mol. The van der Waals surface area contributed by atoms with Gasteiger partial charge in [0.1, 0.15) is 5.75 Å². The summed E-state index contributed by atoms with van der Waals surface area (Å²) in [5.41, 5.74) is 0.922. The molecule has 1 aliphatic heterocycles. The highest BCUT2D eigenvalue weighted by atomic mass is 35.5. The van der Waals surface area contributed by atoms with Gasteiger partial charge in [0, 0.05) is 12.6 Å². The van der Waals surface area contributed by atoms with Crippen molar-refractivity contribution >= 4 is 35.0 Å². The van der Waals surface area contributed by atoms with Crippen molar-refractivity contribution in [3.8, 4) is 5.75 Å². The maximum Gasteiger partial charge on any atom is 0.261 e. The molecule has 0 saturated carbocycles. The highest BCUT2D eigenvalue weighted by molar-refractivity contribution is 6.42. The van der Waals surface area contributed by atoms with E-state index in [0.717, 1.165) is 0 Å². The van der Waals surface area contributed by atoms with Gasteiger partial charge >= 0.3 is 0 Å². The molecule has 0 N–H and O–H groups in total. The number of halogens is 2. The zero-order valence-corrected chi connectivity index (χ0v) is 13.6. The molecule has 0 unspecified atom stereocenters. The van der Waals surface area contributed by atoms with Crippen LogP contribution in [0.3, 0.4) is 0 Å². The van der Waals surface area contributed by atoms with Crippen LogP contribution in [0.1, 0.15) is 27.1 Å². The minimum atomic E-state index is -0.250. The minimum absolute atomic E-state index is 0.250. The average Bonchev–Trinajstić information content (AvgIpc) is 2.80. The van der Waals surface area contributed by atoms with Crippen LogP contribution in [-0.4, -0.2) is 29.9 Å². The summed E-state index contributed by atoms with van der Waals surface area (Å²) >= 11 is 11.7. The second kappa shape index (κ2) is 6.60. The first kappa shape index (κ1) is 15.8. The molecule has 2 aromatic carbocycles. The molecular weight excluding hydrogens is 337 g/mol. The molecule has 0 bridgehead atoms. The normalized spacial score (nSPS) is 13.4. The second-order valence-electron chi connectivity index (χ2n) is 5.09. The van der Waals surface area contributed by atoms with Crippen LogP contribution in [0.25, 0.3) is 0 Å². The Morgan fingerprint density at radius 3 is 2.17 bits per heavy atom. The molecule has 3 rings (SSSR count). The van der Waals surface area contributed by atoms with E-state index >= 15 is 0 Å². The second-order valence-corrected chi connectivity index (χ2v) is 5.90. The Hall–Kier alpha value is -2.04. The lowest BCUT2D eigenvalue weighted by Gasteiger charge is -2.14. The lowest BCUT2D eigenvalue weighted by molar-refractivity contribution is 0.0647. The predicted molar refractivity (Wildman–Crippen MR) is 88.4 cm³/mol. The topological polar surface area (TPSA) is 46.6 Å². The number of hydrogen-bond donors (Lipinski definition) is 0. The van der Waals surface area contributed by atoms with Crippen LogP contribution in [0.2, 0.25) is 10.0 Å². The van der Waals surface area contributed by atoms with Gasteiger partial charge in [0.05, 0.1) is 27.8 Å². The zero-order chi connectivity index (χ0) is 16.4. The Kier molecular flexibility index (Phi) is 4.55. The lowest BCUT2D eigenvalue weighted by Crippen LogP contribution is -2.31. The van der Waals surface area contributed by atoms with E-state index in [1.165, 1.54) is 4.90 Å². The fourth-order valence-electron chi connectivity index (χ4n) is 2.42. The number of rotatable bonds is 5. The number of imide groups is 1. The molecule has 4 nitrogen and oxygen atoms in total. The molecule has 1 heterocycles. The summed E-state index contributed by atoms with van der Waals surface area (Å²) in [5, 5.41) is 0.884. The third-order valence-electron chi connectivity index (χ3n) is 3.56. The van der Waals surface area contributed by atoms with Gasteiger partial charge in [-0.1, -0.05) is 35.3 Å². The number of hydrogen-bond acceptors (Lipinski definition) is 3. The summed E-state index contributed by atoms with van der Waals surface area (Å²) < 4.78 is 5.56. The van der Waals surface area contributed by atoms with Crippen LogP contribution in [-0.2, 0) is 0 Å². The number of benzene rings is 2. The van der Waals surface area contributed by atoms with Crippen molar-refractivity contribution in [2.75, 3.05) is 13.2 Å². The molecule has 0 atom stereocenters. The Balaban J connectivity index is 1.55. The van der Waals surface area contributed by atoms with Gasteiger partial charge in [-0.05, 0) is 30.7 Å². The third kappa shape index (κ3) is 3.19. The van der Waals surface area contributed by atoms with E-state index in [4.69, 9.17) is 27.9 Å². The van der Waals surface area contributed by atoms with E-state index < -0.39 is 0 Å². The average molecular weight is 350 g/mol. The number of fused-ring (bicyclic) bond motifs is 1. The quantitative estimate of drug-likeness (QED) is 0.604. The van der Waals surface area contributed by atoms with Gasteiger partial charge in [-0.2, -0.15) is 0 Å². The summed E-state index contributed by atoms with van der Waals surface area (Å²) in [4.78, 5) is 25.6. The molecule has 0 fully saturated rings. The van der Waals surface area contributed by atoms with Crippen molar-refractivity contribution in [1.82, 2.24) is 4.90 Å². The van der Waals surface area contributed by atoms with Crippen molar-refractivity contribution < 1.29 is 14.3 Å². The van der Waals surface area contributed by atoms with Gasteiger partial charge in [-0.3, -0.25) is 14.5 Å². The molecule has 0 radical (unpaired) electrons. The van der Waals surface area contributed by atoms with E-state index in [9.17, 15) is 9.59 Å². The minimum Gasteiger partial charge on any atom is -0.493 e. The Morgan fingerprint density at radius 1 is 0.913 bits per heavy atom. The van der Waals surface area contributed by atoms with Crippen LogP contribution in [0.5, 0.6) is 5.75 Å². The maximum absolute atomic E-state index is 12.2.